The van der Waals surface area contributed by atoms with E-state index in [1.165, 1.54) is 0 Å². The van der Waals surface area contributed by atoms with Gasteiger partial charge in [-0.2, -0.15) is 0 Å². The first-order valence-corrected chi connectivity index (χ1v) is 8.02. The van der Waals surface area contributed by atoms with Gasteiger partial charge in [0.15, 0.2) is 0 Å². The van der Waals surface area contributed by atoms with Crippen molar-refractivity contribution in [1.29, 1.82) is 0 Å². The molecular weight excluding hydrogens is 292 g/mol. The highest BCUT2D eigenvalue weighted by Gasteiger charge is 2.28. The van der Waals surface area contributed by atoms with Crippen molar-refractivity contribution in [3.63, 3.8) is 0 Å². The number of amides is 2. The lowest BCUT2D eigenvalue weighted by molar-refractivity contribution is -0.121. The molecule has 1 saturated heterocycles. The van der Waals surface area contributed by atoms with Gasteiger partial charge in [-0.05, 0) is 57.4 Å². The second-order valence-electron chi connectivity index (χ2n) is 6.38. The summed E-state index contributed by atoms with van der Waals surface area (Å²) in [6, 6.07) is 7.23. The Morgan fingerprint density at radius 2 is 1.74 bits per heavy atom. The molecule has 0 aliphatic carbocycles. The summed E-state index contributed by atoms with van der Waals surface area (Å²) >= 11 is 0. The number of nitrogens with zero attached hydrogens (tertiary/aromatic N) is 1. The van der Waals surface area contributed by atoms with E-state index < -0.39 is 0 Å². The molecule has 1 aromatic rings. The number of rotatable bonds is 7. The Morgan fingerprint density at radius 3 is 2.22 bits per heavy atom. The first kappa shape index (κ1) is 17.4. The van der Waals surface area contributed by atoms with E-state index in [1.54, 1.807) is 12.1 Å². The fourth-order valence-corrected chi connectivity index (χ4v) is 2.32. The third kappa shape index (κ3) is 5.33. The van der Waals surface area contributed by atoms with Gasteiger partial charge in [0.1, 0.15) is 0 Å². The number of carbonyl (C=O) groups is 2. The largest absolute Gasteiger partial charge is 0.326 e. The van der Waals surface area contributed by atoms with Crippen molar-refractivity contribution in [3.05, 3.63) is 24.3 Å². The zero-order valence-electron chi connectivity index (χ0n) is 14.1. The maximum absolute atomic E-state index is 12.1. The minimum atomic E-state index is -0.0124. The quantitative estimate of drug-likeness (QED) is 0.710. The highest BCUT2D eigenvalue weighted by Crippen LogP contribution is 2.19. The van der Waals surface area contributed by atoms with E-state index in [2.05, 4.69) is 16.0 Å². The molecule has 23 heavy (non-hydrogen) atoms. The minimum Gasteiger partial charge on any atom is -0.326 e. The molecule has 0 spiro atoms. The molecule has 1 aromatic carbocycles. The van der Waals surface area contributed by atoms with Crippen molar-refractivity contribution < 1.29 is 9.59 Å². The average Bonchev–Trinajstić information content (AvgIpc) is 2.45. The van der Waals surface area contributed by atoms with Crippen LogP contribution in [0.15, 0.2) is 24.3 Å². The maximum Gasteiger partial charge on any atom is 0.227 e. The third-order valence-electron chi connectivity index (χ3n) is 4.16. The molecule has 1 heterocycles. The Hall–Kier alpha value is -1.92. The van der Waals surface area contributed by atoms with Crippen LogP contribution in [0.1, 0.15) is 13.3 Å². The summed E-state index contributed by atoms with van der Waals surface area (Å²) < 4.78 is 0. The monoisotopic (exact) mass is 318 g/mol. The Kier molecular flexibility index (Phi) is 6.12. The summed E-state index contributed by atoms with van der Waals surface area (Å²) in [4.78, 5) is 25.9. The van der Waals surface area contributed by atoms with Crippen LogP contribution in [0.4, 0.5) is 11.4 Å². The molecule has 1 aliphatic rings. The van der Waals surface area contributed by atoms with Crippen molar-refractivity contribution >= 4 is 23.2 Å². The fraction of sp³-hybridized carbons (Fsp3) is 0.529. The van der Waals surface area contributed by atoms with Crippen LogP contribution in [0.5, 0.6) is 0 Å². The molecule has 1 fully saturated rings. The molecule has 1 atom stereocenters. The van der Waals surface area contributed by atoms with E-state index in [-0.39, 0.29) is 17.7 Å². The molecular formula is C17H26N4O2. The maximum atomic E-state index is 12.1. The van der Waals surface area contributed by atoms with Gasteiger partial charge in [0.25, 0.3) is 0 Å². The topological polar surface area (TPSA) is 73.5 Å². The van der Waals surface area contributed by atoms with Crippen LogP contribution in [-0.4, -0.2) is 50.4 Å². The summed E-state index contributed by atoms with van der Waals surface area (Å²) in [5.74, 6) is 0.452. The fourth-order valence-electron chi connectivity index (χ4n) is 2.32. The molecule has 0 bridgehead atoms. The van der Waals surface area contributed by atoms with E-state index in [4.69, 9.17) is 0 Å². The lowest BCUT2D eigenvalue weighted by Crippen LogP contribution is -2.48. The Labute approximate surface area is 137 Å². The predicted molar refractivity (Wildman–Crippen MR) is 92.4 cm³/mol. The molecule has 0 radical (unpaired) electrons. The van der Waals surface area contributed by atoms with E-state index >= 15 is 0 Å². The van der Waals surface area contributed by atoms with E-state index in [9.17, 15) is 9.59 Å². The van der Waals surface area contributed by atoms with Crippen molar-refractivity contribution in [2.24, 2.45) is 11.8 Å². The van der Waals surface area contributed by atoms with Crippen LogP contribution in [0.25, 0.3) is 0 Å². The van der Waals surface area contributed by atoms with Gasteiger partial charge in [0.05, 0.1) is 0 Å². The number of anilines is 2. The average molecular weight is 318 g/mol. The van der Waals surface area contributed by atoms with E-state index in [1.807, 2.05) is 38.1 Å². The van der Waals surface area contributed by atoms with Crippen LogP contribution in [0, 0.1) is 11.8 Å². The van der Waals surface area contributed by atoms with Gasteiger partial charge in [0.2, 0.25) is 11.8 Å². The normalized spacial score (nSPS) is 15.8. The molecule has 2 amide bonds. The summed E-state index contributed by atoms with van der Waals surface area (Å²) in [6.45, 7) is 4.49. The van der Waals surface area contributed by atoms with Crippen molar-refractivity contribution in [2.45, 2.75) is 13.3 Å². The molecule has 2 rings (SSSR count). The zero-order chi connectivity index (χ0) is 16.8. The standard InChI is InChI=1S/C17H26N4O2/c1-12(13-10-18-11-13)17(23)20-15-6-4-14(5-7-15)19-16(22)8-9-21(2)3/h4-7,12-13,18H,8-11H2,1-3H3,(H,19,22)(H,20,23). The summed E-state index contributed by atoms with van der Waals surface area (Å²) in [5, 5.41) is 8.96. The second kappa shape index (κ2) is 8.08. The lowest BCUT2D eigenvalue weighted by atomic mass is 9.88. The van der Waals surface area contributed by atoms with Crippen molar-refractivity contribution in [3.8, 4) is 0 Å². The number of hydrogen-bond acceptors (Lipinski definition) is 4. The van der Waals surface area contributed by atoms with Crippen LogP contribution in [0.2, 0.25) is 0 Å². The van der Waals surface area contributed by atoms with Crippen LogP contribution in [-0.2, 0) is 9.59 Å². The summed E-state index contributed by atoms with van der Waals surface area (Å²) in [7, 11) is 3.87. The molecule has 1 unspecified atom stereocenters. The van der Waals surface area contributed by atoms with Gasteiger partial charge in [0, 0.05) is 30.3 Å². The number of carbonyl (C=O) groups excluding carboxylic acids is 2. The highest BCUT2D eigenvalue weighted by molar-refractivity contribution is 5.94. The smallest absolute Gasteiger partial charge is 0.227 e. The molecule has 0 saturated carbocycles. The van der Waals surface area contributed by atoms with Crippen molar-refractivity contribution in [2.75, 3.05) is 44.4 Å². The molecule has 6 heteroatoms. The molecule has 6 nitrogen and oxygen atoms in total. The molecule has 0 aromatic heterocycles. The first-order chi connectivity index (χ1) is 11.0. The van der Waals surface area contributed by atoms with Gasteiger partial charge in [-0.25, -0.2) is 0 Å². The Balaban J connectivity index is 1.81. The van der Waals surface area contributed by atoms with E-state index in [0.717, 1.165) is 24.5 Å². The Bertz CT molecular complexity index is 538. The number of benzene rings is 1. The highest BCUT2D eigenvalue weighted by atomic mass is 16.2. The van der Waals surface area contributed by atoms with Crippen LogP contribution >= 0.6 is 0 Å². The van der Waals surface area contributed by atoms with Crippen molar-refractivity contribution in [1.82, 2.24) is 10.2 Å². The van der Waals surface area contributed by atoms with Gasteiger partial charge in [-0.3, -0.25) is 9.59 Å². The SMILES string of the molecule is CC(C(=O)Nc1ccc(NC(=O)CCN(C)C)cc1)C1CNC1. The second-order valence-corrected chi connectivity index (χ2v) is 6.38. The van der Waals surface area contributed by atoms with Crippen LogP contribution in [0.3, 0.4) is 0 Å². The molecule has 3 N–H and O–H groups in total. The van der Waals surface area contributed by atoms with Crippen LogP contribution < -0.4 is 16.0 Å². The van der Waals surface area contributed by atoms with Gasteiger partial charge >= 0.3 is 0 Å². The zero-order valence-corrected chi connectivity index (χ0v) is 14.1. The van der Waals surface area contributed by atoms with Gasteiger partial charge in [-0.1, -0.05) is 6.92 Å². The van der Waals surface area contributed by atoms with E-state index in [0.29, 0.717) is 18.9 Å². The molecule has 126 valence electrons. The lowest BCUT2D eigenvalue weighted by Gasteiger charge is -2.31. The predicted octanol–water partition coefficient (Wildman–Crippen LogP) is 1.37. The van der Waals surface area contributed by atoms with Gasteiger partial charge < -0.3 is 20.9 Å². The Morgan fingerprint density at radius 1 is 1.17 bits per heavy atom. The molecule has 1 aliphatic heterocycles. The van der Waals surface area contributed by atoms with Gasteiger partial charge in [-0.15, -0.1) is 0 Å². The summed E-state index contributed by atoms with van der Waals surface area (Å²) in [6.07, 6.45) is 0.457. The number of nitrogens with one attached hydrogen (secondary N) is 3. The third-order valence-corrected chi connectivity index (χ3v) is 4.16. The minimum absolute atomic E-state index is 0.00154. The number of hydrogen-bond donors (Lipinski definition) is 3. The first-order valence-electron chi connectivity index (χ1n) is 8.02. The summed E-state index contributed by atoms with van der Waals surface area (Å²) in [5.41, 5.74) is 1.49.